The lowest BCUT2D eigenvalue weighted by Crippen LogP contribution is -2.64. The van der Waals surface area contributed by atoms with E-state index in [2.05, 4.69) is 5.32 Å². The van der Waals surface area contributed by atoms with Crippen molar-refractivity contribution >= 4 is 5.91 Å². The fourth-order valence-electron chi connectivity index (χ4n) is 3.52. The highest BCUT2D eigenvalue weighted by atomic mass is 16.6. The summed E-state index contributed by atoms with van der Waals surface area (Å²) in [4.78, 5) is 11.3. The van der Waals surface area contributed by atoms with Crippen molar-refractivity contribution in [1.82, 2.24) is 5.32 Å². The molecule has 0 saturated carbocycles. The Morgan fingerprint density at radius 2 is 1.42 bits per heavy atom. The predicted octanol–water partition coefficient (Wildman–Crippen LogP) is -4.59. The van der Waals surface area contributed by atoms with Crippen molar-refractivity contribution in [3.63, 3.8) is 0 Å². The minimum atomic E-state index is -1.57. The van der Waals surface area contributed by atoms with Gasteiger partial charge in [-0.15, -0.1) is 0 Å². The first-order chi connectivity index (χ1) is 12.2. The molecule has 2 heterocycles. The molecule has 2 aliphatic rings. The minimum absolute atomic E-state index is 0.128. The molecule has 0 radical (unpaired) electrons. The van der Waals surface area contributed by atoms with E-state index in [1.54, 1.807) is 0 Å². The third-order valence-corrected chi connectivity index (χ3v) is 4.95. The highest BCUT2D eigenvalue weighted by molar-refractivity contribution is 5.73. The van der Waals surface area contributed by atoms with E-state index in [0.717, 1.165) is 0 Å². The molecular weight excluding hydrogens is 354 g/mol. The largest absolute Gasteiger partial charge is 0.394 e. The van der Waals surface area contributed by atoms with Crippen LogP contribution in [0, 0.1) is 5.92 Å². The maximum absolute atomic E-state index is 11.3. The van der Waals surface area contributed by atoms with Gasteiger partial charge < -0.3 is 50.5 Å². The summed E-state index contributed by atoms with van der Waals surface area (Å²) >= 11 is 0. The van der Waals surface area contributed by atoms with Gasteiger partial charge in [-0.05, 0) is 6.42 Å². The summed E-state index contributed by atoms with van der Waals surface area (Å²) in [7, 11) is 0. The van der Waals surface area contributed by atoms with Crippen molar-refractivity contribution < 1.29 is 50.0 Å². The van der Waals surface area contributed by atoms with Gasteiger partial charge in [-0.1, -0.05) is 0 Å². The van der Waals surface area contributed by atoms with Crippen molar-refractivity contribution in [2.24, 2.45) is 5.92 Å². The molecule has 0 aromatic rings. The molecule has 2 aliphatic heterocycles. The molecular formula is C15H27NO10. The number of nitrogens with one attached hydrogen (secondary N) is 1. The van der Waals surface area contributed by atoms with Crippen LogP contribution in [0.15, 0.2) is 0 Å². The quantitative estimate of drug-likeness (QED) is 0.230. The number of carbonyl (C=O) groups excluding carboxylic acids is 1. The number of hydrogen-bond acceptors (Lipinski definition) is 10. The molecule has 8 N–H and O–H groups in total. The Kier molecular flexibility index (Phi) is 7.30. The lowest BCUT2D eigenvalue weighted by molar-refractivity contribution is -0.261. The van der Waals surface area contributed by atoms with Crippen LogP contribution in [0.4, 0.5) is 0 Å². The summed E-state index contributed by atoms with van der Waals surface area (Å²) in [5.41, 5.74) is 0. The van der Waals surface area contributed by atoms with Gasteiger partial charge in [-0.25, -0.2) is 0 Å². The van der Waals surface area contributed by atoms with Gasteiger partial charge in [0.1, 0.15) is 30.5 Å². The molecule has 1 amide bonds. The van der Waals surface area contributed by atoms with Gasteiger partial charge in [-0.2, -0.15) is 0 Å². The second-order valence-electron chi connectivity index (χ2n) is 6.73. The third kappa shape index (κ3) is 4.32. The Labute approximate surface area is 149 Å². The standard InChI is InChI=1S/C15H27NO10/c1-5(19)16-10-11(20)6(8(3-17)26-15(10)24)2-7-12(21)14(23)13(22)9(4-18)25-7/h6-15,17-18,20-24H,2-4H2,1H3,(H,16,19)/t6-,7+,8-,9-,10-,11+,12+,13+,14-,15-/m1/s1. The van der Waals surface area contributed by atoms with Crippen LogP contribution in [0.3, 0.4) is 0 Å². The van der Waals surface area contributed by atoms with E-state index in [4.69, 9.17) is 9.47 Å². The van der Waals surface area contributed by atoms with Gasteiger partial charge in [0.15, 0.2) is 6.29 Å². The molecule has 152 valence electrons. The lowest BCUT2D eigenvalue weighted by Gasteiger charge is -2.46. The van der Waals surface area contributed by atoms with E-state index in [-0.39, 0.29) is 6.42 Å². The Hall–Kier alpha value is -0.890. The zero-order valence-corrected chi connectivity index (χ0v) is 14.3. The highest BCUT2D eigenvalue weighted by Gasteiger charge is 2.49. The molecule has 0 bridgehead atoms. The second-order valence-corrected chi connectivity index (χ2v) is 6.73. The molecule has 2 fully saturated rings. The van der Waals surface area contributed by atoms with Crippen LogP contribution in [0.5, 0.6) is 0 Å². The fourth-order valence-corrected chi connectivity index (χ4v) is 3.52. The van der Waals surface area contributed by atoms with Crippen LogP contribution in [0.2, 0.25) is 0 Å². The summed E-state index contributed by atoms with van der Waals surface area (Å²) in [5.74, 6) is -1.38. The van der Waals surface area contributed by atoms with E-state index < -0.39 is 80.1 Å². The molecule has 2 saturated heterocycles. The molecule has 0 aromatic carbocycles. The highest BCUT2D eigenvalue weighted by Crippen LogP contribution is 2.33. The second kappa shape index (κ2) is 8.87. The normalized spacial score (nSPS) is 46.8. The molecule has 0 aromatic heterocycles. The van der Waals surface area contributed by atoms with Crippen LogP contribution in [-0.4, -0.2) is 110 Å². The zero-order valence-electron chi connectivity index (χ0n) is 14.3. The summed E-state index contributed by atoms with van der Waals surface area (Å²) in [5, 5.41) is 71.4. The first kappa shape index (κ1) is 21.4. The third-order valence-electron chi connectivity index (χ3n) is 4.95. The van der Waals surface area contributed by atoms with Gasteiger partial charge >= 0.3 is 0 Å². The number of aliphatic hydroxyl groups is 7. The van der Waals surface area contributed by atoms with Gasteiger partial charge in [-0.3, -0.25) is 4.79 Å². The maximum Gasteiger partial charge on any atom is 0.217 e. The molecule has 0 unspecified atom stereocenters. The van der Waals surface area contributed by atoms with Gasteiger partial charge in [0, 0.05) is 12.8 Å². The number of rotatable bonds is 5. The van der Waals surface area contributed by atoms with Crippen molar-refractivity contribution in [1.29, 1.82) is 0 Å². The number of ether oxygens (including phenoxy) is 2. The van der Waals surface area contributed by atoms with Crippen molar-refractivity contribution in [3.05, 3.63) is 0 Å². The summed E-state index contributed by atoms with van der Waals surface area (Å²) in [6.07, 6.45) is -10.8. The zero-order chi connectivity index (χ0) is 19.6. The molecule has 26 heavy (non-hydrogen) atoms. The van der Waals surface area contributed by atoms with Gasteiger partial charge in [0.25, 0.3) is 0 Å². The summed E-state index contributed by atoms with van der Waals surface area (Å²) < 4.78 is 10.7. The Morgan fingerprint density at radius 1 is 0.846 bits per heavy atom. The van der Waals surface area contributed by atoms with E-state index in [9.17, 15) is 40.5 Å². The maximum atomic E-state index is 11.3. The van der Waals surface area contributed by atoms with Crippen molar-refractivity contribution in [2.45, 2.75) is 68.4 Å². The van der Waals surface area contributed by atoms with Crippen molar-refractivity contribution in [3.8, 4) is 0 Å². The molecule has 10 atom stereocenters. The van der Waals surface area contributed by atoms with Crippen LogP contribution in [0.25, 0.3) is 0 Å². The fraction of sp³-hybridized carbons (Fsp3) is 0.933. The Bertz CT molecular complexity index is 477. The van der Waals surface area contributed by atoms with Crippen LogP contribution >= 0.6 is 0 Å². The molecule has 0 spiro atoms. The van der Waals surface area contributed by atoms with Crippen LogP contribution in [-0.2, 0) is 14.3 Å². The van der Waals surface area contributed by atoms with E-state index in [1.165, 1.54) is 6.92 Å². The number of aliphatic hydroxyl groups excluding tert-OH is 7. The summed E-state index contributed by atoms with van der Waals surface area (Å²) in [6.45, 7) is 0.0506. The SMILES string of the molecule is CC(=O)N[C@@H]1[C@@H](O)[C@H](C[C@@H]2O[C@H](CO)[C@H](O)[C@H](O)[C@H]2O)[C@@H](CO)O[C@H]1O. The monoisotopic (exact) mass is 381 g/mol. The topological polar surface area (TPSA) is 189 Å². The Morgan fingerprint density at radius 3 is 1.96 bits per heavy atom. The average molecular weight is 381 g/mol. The van der Waals surface area contributed by atoms with E-state index in [0.29, 0.717) is 0 Å². The predicted molar refractivity (Wildman–Crippen MR) is 83.5 cm³/mol. The molecule has 11 nitrogen and oxygen atoms in total. The van der Waals surface area contributed by atoms with E-state index in [1.807, 2.05) is 0 Å². The number of carbonyl (C=O) groups is 1. The van der Waals surface area contributed by atoms with Crippen LogP contribution < -0.4 is 5.32 Å². The molecule has 0 aliphatic carbocycles. The van der Waals surface area contributed by atoms with Gasteiger partial charge in [0.2, 0.25) is 5.91 Å². The van der Waals surface area contributed by atoms with E-state index >= 15 is 0 Å². The number of hydrogen-bond donors (Lipinski definition) is 8. The van der Waals surface area contributed by atoms with Crippen molar-refractivity contribution in [2.75, 3.05) is 13.2 Å². The lowest BCUT2D eigenvalue weighted by atomic mass is 9.80. The average Bonchev–Trinajstić information content (AvgIpc) is 2.60. The first-order valence-corrected chi connectivity index (χ1v) is 8.41. The first-order valence-electron chi connectivity index (χ1n) is 8.41. The Balaban J connectivity index is 2.16. The number of amides is 1. The molecule has 2 rings (SSSR count). The smallest absolute Gasteiger partial charge is 0.217 e. The van der Waals surface area contributed by atoms with Crippen LogP contribution in [0.1, 0.15) is 13.3 Å². The minimum Gasteiger partial charge on any atom is -0.394 e. The molecule has 11 heteroatoms. The van der Waals surface area contributed by atoms with Gasteiger partial charge in [0.05, 0.1) is 31.5 Å². The summed E-state index contributed by atoms with van der Waals surface area (Å²) in [6, 6.07) is -1.16.